The van der Waals surface area contributed by atoms with Gasteiger partial charge in [0.1, 0.15) is 0 Å². The first-order chi connectivity index (χ1) is 16.9. The molecule has 10 heteroatoms. The van der Waals surface area contributed by atoms with Crippen LogP contribution >= 0.6 is 0 Å². The molecule has 0 saturated carbocycles. The topological polar surface area (TPSA) is 122 Å². The quantitative estimate of drug-likeness (QED) is 0.389. The lowest BCUT2D eigenvalue weighted by atomic mass is 10.1. The molecule has 10 nitrogen and oxygen atoms in total. The van der Waals surface area contributed by atoms with E-state index in [0.29, 0.717) is 0 Å². The standard InChI is InChI=1S/C25H25N5O5/c31-25(21-14-23(29(32)33)16-24(15-21)30(34)35)26-17-19-6-4-5-7-20(19)18-27-10-12-28(13-11-27)22-8-2-1-3-9-22/h1-9,14-16H,10-13,17-18H2,(H,26,31). The van der Waals surface area contributed by atoms with Crippen LogP contribution in [0.5, 0.6) is 0 Å². The molecule has 3 aromatic rings. The number of nitrogens with zero attached hydrogens (tertiary/aromatic N) is 4. The first-order valence-corrected chi connectivity index (χ1v) is 11.2. The van der Waals surface area contributed by atoms with E-state index in [9.17, 15) is 25.0 Å². The van der Waals surface area contributed by atoms with Gasteiger partial charge >= 0.3 is 0 Å². The molecule has 1 aliphatic rings. The van der Waals surface area contributed by atoms with Gasteiger partial charge in [-0.25, -0.2) is 0 Å². The van der Waals surface area contributed by atoms with E-state index in [1.807, 2.05) is 42.5 Å². The van der Waals surface area contributed by atoms with Crippen molar-refractivity contribution in [2.24, 2.45) is 0 Å². The first-order valence-electron chi connectivity index (χ1n) is 11.2. The molecule has 1 amide bonds. The number of rotatable bonds is 8. The molecule has 1 heterocycles. The maximum absolute atomic E-state index is 12.7. The zero-order valence-corrected chi connectivity index (χ0v) is 19.0. The lowest BCUT2D eigenvalue weighted by Gasteiger charge is -2.36. The smallest absolute Gasteiger partial charge is 0.277 e. The third kappa shape index (κ3) is 5.98. The van der Waals surface area contributed by atoms with Crippen molar-refractivity contribution in [3.63, 3.8) is 0 Å². The molecule has 35 heavy (non-hydrogen) atoms. The van der Waals surface area contributed by atoms with Gasteiger partial charge in [-0.3, -0.25) is 29.9 Å². The maximum atomic E-state index is 12.7. The Bertz CT molecular complexity index is 1190. The van der Waals surface area contributed by atoms with Crippen molar-refractivity contribution in [1.82, 2.24) is 10.2 Å². The van der Waals surface area contributed by atoms with Crippen molar-refractivity contribution in [1.29, 1.82) is 0 Å². The van der Waals surface area contributed by atoms with E-state index < -0.39 is 27.1 Å². The molecule has 0 spiro atoms. The van der Waals surface area contributed by atoms with E-state index in [2.05, 4.69) is 27.2 Å². The minimum Gasteiger partial charge on any atom is -0.369 e. The third-order valence-corrected chi connectivity index (χ3v) is 6.03. The average molecular weight is 476 g/mol. The second-order valence-electron chi connectivity index (χ2n) is 8.30. The summed E-state index contributed by atoms with van der Waals surface area (Å²) in [5, 5.41) is 25.0. The Hall–Kier alpha value is -4.31. The number of hydrogen-bond acceptors (Lipinski definition) is 7. The monoisotopic (exact) mass is 475 g/mol. The van der Waals surface area contributed by atoms with Crippen LogP contribution in [0, 0.1) is 20.2 Å². The van der Waals surface area contributed by atoms with E-state index in [0.717, 1.165) is 62.0 Å². The fraction of sp³-hybridized carbons (Fsp3) is 0.240. The van der Waals surface area contributed by atoms with Crippen LogP contribution in [0.3, 0.4) is 0 Å². The fourth-order valence-electron chi connectivity index (χ4n) is 4.14. The lowest BCUT2D eigenvalue weighted by Crippen LogP contribution is -2.46. The summed E-state index contributed by atoms with van der Waals surface area (Å²) in [5.41, 5.74) is 2.09. The molecule has 0 atom stereocenters. The second-order valence-corrected chi connectivity index (χ2v) is 8.30. The van der Waals surface area contributed by atoms with Gasteiger partial charge in [0.05, 0.1) is 21.5 Å². The number of amides is 1. The van der Waals surface area contributed by atoms with Crippen LogP contribution in [0.25, 0.3) is 0 Å². The van der Waals surface area contributed by atoms with Crippen LogP contribution in [0.2, 0.25) is 0 Å². The number of non-ortho nitro benzene ring substituents is 2. The van der Waals surface area contributed by atoms with Gasteiger partial charge in [0.25, 0.3) is 17.3 Å². The molecule has 3 aromatic carbocycles. The molecule has 0 unspecified atom stereocenters. The van der Waals surface area contributed by atoms with Crippen LogP contribution in [-0.4, -0.2) is 46.8 Å². The number of hydrogen-bond donors (Lipinski definition) is 1. The molecular weight excluding hydrogens is 450 g/mol. The van der Waals surface area contributed by atoms with Crippen molar-refractivity contribution in [2.75, 3.05) is 31.1 Å². The zero-order valence-electron chi connectivity index (χ0n) is 19.0. The molecule has 4 rings (SSSR count). The number of carbonyl (C=O) groups excluding carboxylic acids is 1. The normalized spacial score (nSPS) is 13.9. The number of para-hydroxylation sites is 1. The van der Waals surface area contributed by atoms with E-state index in [-0.39, 0.29) is 12.1 Å². The SMILES string of the molecule is O=C(NCc1ccccc1CN1CCN(c2ccccc2)CC1)c1cc([N+](=O)[O-])cc([N+](=O)[O-])c1. The highest BCUT2D eigenvalue weighted by Gasteiger charge is 2.21. The van der Waals surface area contributed by atoms with E-state index in [4.69, 9.17) is 0 Å². The van der Waals surface area contributed by atoms with Gasteiger partial charge in [-0.2, -0.15) is 0 Å². The number of piperazine rings is 1. The van der Waals surface area contributed by atoms with Crippen molar-refractivity contribution in [3.8, 4) is 0 Å². The highest BCUT2D eigenvalue weighted by atomic mass is 16.6. The van der Waals surface area contributed by atoms with Crippen LogP contribution in [0.1, 0.15) is 21.5 Å². The molecule has 0 aliphatic carbocycles. The van der Waals surface area contributed by atoms with Crippen LogP contribution in [-0.2, 0) is 13.1 Å². The molecule has 1 N–H and O–H groups in total. The van der Waals surface area contributed by atoms with Gasteiger partial charge in [0.2, 0.25) is 0 Å². The summed E-state index contributed by atoms with van der Waals surface area (Å²) in [6.45, 7) is 4.61. The van der Waals surface area contributed by atoms with Gasteiger partial charge in [-0.1, -0.05) is 42.5 Å². The summed E-state index contributed by atoms with van der Waals surface area (Å²) in [6.07, 6.45) is 0. The second kappa shape index (κ2) is 10.7. The molecular formula is C25H25N5O5. The molecule has 0 aromatic heterocycles. The Labute approximate surface area is 202 Å². The summed E-state index contributed by atoms with van der Waals surface area (Å²) in [7, 11) is 0. The number of nitro groups is 2. The predicted octanol–water partition coefficient (Wildman–Crippen LogP) is 3.76. The Morgan fingerprint density at radius 2 is 1.37 bits per heavy atom. The first kappa shape index (κ1) is 23.8. The number of nitrogens with one attached hydrogen (secondary N) is 1. The number of anilines is 1. The molecule has 0 bridgehead atoms. The maximum Gasteiger partial charge on any atom is 0.277 e. The van der Waals surface area contributed by atoms with Crippen molar-refractivity contribution in [3.05, 3.63) is 110 Å². The number of benzene rings is 3. The molecule has 1 fully saturated rings. The molecule has 1 aliphatic heterocycles. The van der Waals surface area contributed by atoms with Crippen molar-refractivity contribution in [2.45, 2.75) is 13.1 Å². The van der Waals surface area contributed by atoms with E-state index in [1.165, 1.54) is 5.69 Å². The Morgan fingerprint density at radius 1 is 0.800 bits per heavy atom. The number of nitro benzene ring substituents is 2. The van der Waals surface area contributed by atoms with Crippen molar-refractivity contribution >= 4 is 23.0 Å². The highest BCUT2D eigenvalue weighted by molar-refractivity contribution is 5.95. The summed E-state index contributed by atoms with van der Waals surface area (Å²) in [6, 6.07) is 21.0. The molecule has 0 radical (unpaired) electrons. The lowest BCUT2D eigenvalue weighted by molar-refractivity contribution is -0.394. The Morgan fingerprint density at radius 3 is 1.97 bits per heavy atom. The van der Waals surface area contributed by atoms with Crippen LogP contribution in [0.4, 0.5) is 17.1 Å². The zero-order chi connectivity index (χ0) is 24.8. The van der Waals surface area contributed by atoms with Gasteiger partial charge in [0.15, 0.2) is 0 Å². The van der Waals surface area contributed by atoms with Gasteiger partial charge in [-0.15, -0.1) is 0 Å². The average Bonchev–Trinajstić information content (AvgIpc) is 2.88. The van der Waals surface area contributed by atoms with Crippen LogP contribution in [0.15, 0.2) is 72.8 Å². The van der Waals surface area contributed by atoms with E-state index >= 15 is 0 Å². The largest absolute Gasteiger partial charge is 0.369 e. The van der Waals surface area contributed by atoms with Crippen molar-refractivity contribution < 1.29 is 14.6 Å². The molecule has 1 saturated heterocycles. The minimum atomic E-state index is -0.753. The third-order valence-electron chi connectivity index (χ3n) is 6.03. The highest BCUT2D eigenvalue weighted by Crippen LogP contribution is 2.23. The summed E-state index contributed by atoms with van der Waals surface area (Å²) >= 11 is 0. The van der Waals surface area contributed by atoms with E-state index in [1.54, 1.807) is 0 Å². The fourth-order valence-corrected chi connectivity index (χ4v) is 4.14. The van der Waals surface area contributed by atoms with Crippen LogP contribution < -0.4 is 10.2 Å². The van der Waals surface area contributed by atoms with Gasteiger partial charge in [-0.05, 0) is 23.3 Å². The summed E-state index contributed by atoms with van der Waals surface area (Å²) in [5.74, 6) is -0.608. The van der Waals surface area contributed by atoms with Gasteiger partial charge < -0.3 is 10.2 Å². The molecule has 180 valence electrons. The number of carbonyl (C=O) groups is 1. The minimum absolute atomic E-state index is 0.125. The summed E-state index contributed by atoms with van der Waals surface area (Å²) in [4.78, 5) is 38.1. The Kier molecular flexibility index (Phi) is 7.32. The predicted molar refractivity (Wildman–Crippen MR) is 131 cm³/mol. The van der Waals surface area contributed by atoms with Gasteiger partial charge in [0, 0.05) is 57.1 Å². The summed E-state index contributed by atoms with van der Waals surface area (Å²) < 4.78 is 0. The Balaban J connectivity index is 1.39.